The van der Waals surface area contributed by atoms with E-state index in [0.29, 0.717) is 5.92 Å². The highest BCUT2D eigenvalue weighted by atomic mass is 35.5. The van der Waals surface area contributed by atoms with Crippen LogP contribution >= 0.6 is 11.6 Å². The van der Waals surface area contributed by atoms with Crippen LogP contribution in [-0.4, -0.2) is 0 Å². The Morgan fingerprint density at radius 1 is 0.909 bits per heavy atom. The number of halogens is 1. The third-order valence-corrected chi connectivity index (χ3v) is 4.89. The molecule has 0 nitrogen and oxygen atoms in total. The van der Waals surface area contributed by atoms with Crippen molar-refractivity contribution >= 4 is 11.6 Å². The van der Waals surface area contributed by atoms with Gasteiger partial charge in [-0.25, -0.2) is 0 Å². The van der Waals surface area contributed by atoms with Gasteiger partial charge >= 0.3 is 0 Å². The lowest BCUT2D eigenvalue weighted by molar-refractivity contribution is 0.520. The predicted octanol–water partition coefficient (Wildman–Crippen LogP) is 7.79. The molecular formula is C21H35Cl. The van der Waals surface area contributed by atoms with Crippen LogP contribution in [0.15, 0.2) is 24.3 Å². The monoisotopic (exact) mass is 322 g/mol. The molecule has 1 rings (SSSR count). The molecule has 0 N–H and O–H groups in total. The minimum Gasteiger partial charge on any atom is -0.115 e. The fraction of sp³-hybridized carbons (Fsp3) is 0.714. The van der Waals surface area contributed by atoms with Crippen molar-refractivity contribution in [1.82, 2.24) is 0 Å². The van der Waals surface area contributed by atoms with Crippen LogP contribution in [0.2, 0.25) is 0 Å². The average Bonchev–Trinajstić information content (AvgIpc) is 2.49. The molecule has 0 fully saturated rings. The molecule has 0 spiro atoms. The average molecular weight is 323 g/mol. The summed E-state index contributed by atoms with van der Waals surface area (Å²) in [6, 6.07) is 8.77. The maximum atomic E-state index is 6.60. The first-order valence-corrected chi connectivity index (χ1v) is 9.66. The molecule has 1 aromatic carbocycles. The largest absolute Gasteiger partial charge is 0.115 e. The summed E-state index contributed by atoms with van der Waals surface area (Å²) in [5.74, 6) is 0.657. The second-order valence-corrected chi connectivity index (χ2v) is 8.02. The van der Waals surface area contributed by atoms with Crippen LogP contribution in [0.1, 0.15) is 103 Å². The number of rotatable bonds is 11. The van der Waals surface area contributed by atoms with E-state index in [9.17, 15) is 0 Å². The van der Waals surface area contributed by atoms with E-state index in [-0.39, 0.29) is 4.87 Å². The zero-order valence-electron chi connectivity index (χ0n) is 15.1. The quantitative estimate of drug-likeness (QED) is 0.288. The highest BCUT2D eigenvalue weighted by Gasteiger charge is 2.23. The summed E-state index contributed by atoms with van der Waals surface area (Å²) >= 11 is 6.60. The first-order valence-electron chi connectivity index (χ1n) is 9.29. The van der Waals surface area contributed by atoms with Gasteiger partial charge in [0.1, 0.15) is 0 Å². The fourth-order valence-corrected chi connectivity index (χ4v) is 3.49. The van der Waals surface area contributed by atoms with Crippen molar-refractivity contribution in [1.29, 1.82) is 0 Å². The molecule has 1 unspecified atom stereocenters. The zero-order chi connectivity index (χ0) is 16.4. The van der Waals surface area contributed by atoms with Gasteiger partial charge in [-0.15, -0.1) is 11.6 Å². The maximum absolute atomic E-state index is 6.60. The van der Waals surface area contributed by atoms with Gasteiger partial charge in [0.05, 0.1) is 4.87 Å². The van der Waals surface area contributed by atoms with Crippen LogP contribution in [0, 0.1) is 0 Å². The van der Waals surface area contributed by atoms with Gasteiger partial charge in [-0.2, -0.15) is 0 Å². The summed E-state index contributed by atoms with van der Waals surface area (Å²) in [5.41, 5.74) is 2.78. The lowest BCUT2D eigenvalue weighted by Gasteiger charge is -2.25. The van der Waals surface area contributed by atoms with E-state index in [1.165, 1.54) is 68.9 Å². The first kappa shape index (κ1) is 19.6. The third kappa shape index (κ3) is 6.73. The van der Waals surface area contributed by atoms with E-state index in [2.05, 4.69) is 52.0 Å². The number of alkyl halides is 1. The number of unbranched alkanes of at least 4 members (excludes halogenated alkanes) is 6. The van der Waals surface area contributed by atoms with E-state index in [1.807, 2.05) is 0 Å². The molecule has 0 aliphatic carbocycles. The van der Waals surface area contributed by atoms with Crippen LogP contribution in [0.3, 0.4) is 0 Å². The van der Waals surface area contributed by atoms with Crippen molar-refractivity contribution in [3.05, 3.63) is 35.4 Å². The molecular weight excluding hydrogens is 288 g/mol. The van der Waals surface area contributed by atoms with Gasteiger partial charge in [-0.05, 0) is 43.7 Å². The van der Waals surface area contributed by atoms with Crippen molar-refractivity contribution < 1.29 is 0 Å². The fourth-order valence-electron chi connectivity index (χ4n) is 3.32. The summed E-state index contributed by atoms with van der Waals surface area (Å²) in [7, 11) is 0. The molecule has 0 bridgehead atoms. The standard InChI is InChI=1S/C21H35Cl/c1-5-7-8-9-10-11-12-15-18(6-2)19-16-13-14-17-20(19)21(3,4)22/h13-14,16-18H,5-12,15H2,1-4H3. The Kier molecular flexibility index (Phi) is 9.17. The Morgan fingerprint density at radius 3 is 2.09 bits per heavy atom. The molecule has 0 saturated heterocycles. The highest BCUT2D eigenvalue weighted by molar-refractivity contribution is 6.23. The van der Waals surface area contributed by atoms with E-state index in [0.717, 1.165) is 0 Å². The Morgan fingerprint density at radius 2 is 1.50 bits per heavy atom. The molecule has 0 radical (unpaired) electrons. The summed E-state index contributed by atoms with van der Waals surface area (Å²) in [6.45, 7) is 8.80. The number of hydrogen-bond acceptors (Lipinski definition) is 0. The predicted molar refractivity (Wildman–Crippen MR) is 101 cm³/mol. The molecule has 1 atom stereocenters. The van der Waals surface area contributed by atoms with Crippen LogP contribution < -0.4 is 0 Å². The lowest BCUT2D eigenvalue weighted by Crippen LogP contribution is -2.13. The SMILES string of the molecule is CCCCCCCCCC(CC)c1ccccc1C(C)(C)Cl. The summed E-state index contributed by atoms with van der Waals surface area (Å²) in [4.78, 5) is -0.274. The number of hydrogen-bond donors (Lipinski definition) is 0. The lowest BCUT2D eigenvalue weighted by atomic mass is 9.84. The minimum atomic E-state index is -0.274. The molecule has 22 heavy (non-hydrogen) atoms. The molecule has 0 aliphatic rings. The second-order valence-electron chi connectivity index (χ2n) is 7.07. The normalized spacial score (nSPS) is 13.3. The van der Waals surface area contributed by atoms with Crippen molar-refractivity contribution in [2.24, 2.45) is 0 Å². The van der Waals surface area contributed by atoms with Crippen molar-refractivity contribution in [2.45, 2.75) is 96.3 Å². The van der Waals surface area contributed by atoms with Crippen molar-refractivity contribution in [2.75, 3.05) is 0 Å². The summed E-state index contributed by atoms with van der Waals surface area (Å²) in [5, 5.41) is 0. The van der Waals surface area contributed by atoms with Gasteiger partial charge in [-0.1, -0.05) is 83.1 Å². The topological polar surface area (TPSA) is 0 Å². The molecule has 0 heterocycles. The van der Waals surface area contributed by atoms with Gasteiger partial charge in [0.25, 0.3) is 0 Å². The van der Waals surface area contributed by atoms with Crippen LogP contribution in [-0.2, 0) is 4.87 Å². The summed E-state index contributed by atoms with van der Waals surface area (Å²) < 4.78 is 0. The Bertz CT molecular complexity index is 403. The highest BCUT2D eigenvalue weighted by Crippen LogP contribution is 2.37. The summed E-state index contributed by atoms with van der Waals surface area (Å²) in [6.07, 6.45) is 12.2. The van der Waals surface area contributed by atoms with Gasteiger partial charge in [0, 0.05) is 0 Å². The van der Waals surface area contributed by atoms with E-state index in [1.54, 1.807) is 0 Å². The van der Waals surface area contributed by atoms with Gasteiger partial charge in [-0.3, -0.25) is 0 Å². The maximum Gasteiger partial charge on any atom is 0.0641 e. The minimum absolute atomic E-state index is 0.274. The molecule has 0 amide bonds. The van der Waals surface area contributed by atoms with Gasteiger partial charge in [0.15, 0.2) is 0 Å². The van der Waals surface area contributed by atoms with Crippen LogP contribution in [0.25, 0.3) is 0 Å². The van der Waals surface area contributed by atoms with Crippen LogP contribution in [0.4, 0.5) is 0 Å². The van der Waals surface area contributed by atoms with E-state index >= 15 is 0 Å². The molecule has 1 aromatic rings. The Balaban J connectivity index is 2.51. The smallest absolute Gasteiger partial charge is 0.0641 e. The molecule has 0 aliphatic heterocycles. The van der Waals surface area contributed by atoms with E-state index < -0.39 is 0 Å². The second kappa shape index (κ2) is 10.3. The van der Waals surface area contributed by atoms with Crippen molar-refractivity contribution in [3.8, 4) is 0 Å². The first-order chi connectivity index (χ1) is 10.5. The molecule has 0 saturated carbocycles. The Labute approximate surface area is 143 Å². The van der Waals surface area contributed by atoms with Gasteiger partial charge in [0.2, 0.25) is 0 Å². The third-order valence-electron chi connectivity index (χ3n) is 4.69. The zero-order valence-corrected chi connectivity index (χ0v) is 15.9. The van der Waals surface area contributed by atoms with Crippen molar-refractivity contribution in [3.63, 3.8) is 0 Å². The molecule has 1 heteroatoms. The number of benzene rings is 1. The molecule has 0 aromatic heterocycles. The molecule has 126 valence electrons. The van der Waals surface area contributed by atoms with E-state index in [4.69, 9.17) is 11.6 Å². The van der Waals surface area contributed by atoms with Crippen LogP contribution in [0.5, 0.6) is 0 Å². The van der Waals surface area contributed by atoms with Gasteiger partial charge < -0.3 is 0 Å². The Hall–Kier alpha value is -0.490.